The van der Waals surface area contributed by atoms with Crippen molar-refractivity contribution in [1.82, 2.24) is 13.9 Å². The number of aryl methyl sites for hydroxylation is 2. The van der Waals surface area contributed by atoms with Crippen LogP contribution in [0.15, 0.2) is 11.2 Å². The van der Waals surface area contributed by atoms with Gasteiger partial charge in [0.25, 0.3) is 10.0 Å². The Morgan fingerprint density at radius 1 is 1.56 bits per heavy atom. The molecular formula is C11H18BrN3O2S. The van der Waals surface area contributed by atoms with Crippen LogP contribution in [0.5, 0.6) is 0 Å². The molecule has 1 aromatic rings. The number of halogens is 1. The highest BCUT2D eigenvalue weighted by Gasteiger charge is 2.33. The van der Waals surface area contributed by atoms with Gasteiger partial charge in [-0.05, 0) is 26.2 Å². The van der Waals surface area contributed by atoms with Crippen molar-refractivity contribution in [2.45, 2.75) is 31.8 Å². The van der Waals surface area contributed by atoms with Crippen molar-refractivity contribution in [3.8, 4) is 0 Å². The van der Waals surface area contributed by atoms with Gasteiger partial charge in [0.05, 0.1) is 0 Å². The van der Waals surface area contributed by atoms with Crippen LogP contribution in [0.2, 0.25) is 0 Å². The molecular weight excluding hydrogens is 318 g/mol. The van der Waals surface area contributed by atoms with Gasteiger partial charge < -0.3 is 4.57 Å². The highest BCUT2D eigenvalue weighted by molar-refractivity contribution is 9.09. The molecule has 1 saturated heterocycles. The Morgan fingerprint density at radius 3 is 2.78 bits per heavy atom. The molecule has 0 aliphatic carbocycles. The van der Waals surface area contributed by atoms with Gasteiger partial charge in [-0.1, -0.05) is 15.9 Å². The van der Waals surface area contributed by atoms with E-state index in [0.717, 1.165) is 24.1 Å². The fourth-order valence-electron chi connectivity index (χ4n) is 2.20. The van der Waals surface area contributed by atoms with E-state index in [0.29, 0.717) is 19.0 Å². The molecule has 1 fully saturated rings. The molecule has 0 N–H and O–H groups in total. The van der Waals surface area contributed by atoms with Gasteiger partial charge in [-0.25, -0.2) is 13.4 Å². The minimum absolute atomic E-state index is 0.178. The Hall–Kier alpha value is -0.400. The predicted octanol–water partition coefficient (Wildman–Crippen LogP) is 1.62. The van der Waals surface area contributed by atoms with Crippen molar-refractivity contribution in [2.24, 2.45) is 5.92 Å². The number of rotatable bonds is 4. The SMILES string of the molecule is CCn1cc(S(=O)(=O)N2CCC(CBr)C2)nc1C. The van der Waals surface area contributed by atoms with Gasteiger partial charge in [-0.2, -0.15) is 4.31 Å². The van der Waals surface area contributed by atoms with Gasteiger partial charge in [0.2, 0.25) is 0 Å². The molecule has 1 aromatic heterocycles. The van der Waals surface area contributed by atoms with Crippen LogP contribution in [0.25, 0.3) is 0 Å². The van der Waals surface area contributed by atoms with E-state index in [2.05, 4.69) is 20.9 Å². The quantitative estimate of drug-likeness (QED) is 0.785. The molecule has 1 aliphatic rings. The third-order valence-corrected chi connectivity index (χ3v) is 6.02. The first-order valence-electron chi connectivity index (χ1n) is 6.09. The van der Waals surface area contributed by atoms with E-state index >= 15 is 0 Å². The average Bonchev–Trinajstić information content (AvgIpc) is 2.95. The van der Waals surface area contributed by atoms with E-state index in [1.807, 2.05) is 18.4 Å². The number of aromatic nitrogens is 2. The maximum absolute atomic E-state index is 12.4. The van der Waals surface area contributed by atoms with Gasteiger partial charge >= 0.3 is 0 Å². The summed E-state index contributed by atoms with van der Waals surface area (Å²) in [5.74, 6) is 1.15. The summed E-state index contributed by atoms with van der Waals surface area (Å²) in [6.07, 6.45) is 2.55. The van der Waals surface area contributed by atoms with E-state index in [1.54, 1.807) is 10.5 Å². The van der Waals surface area contributed by atoms with E-state index in [9.17, 15) is 8.42 Å². The summed E-state index contributed by atoms with van der Waals surface area (Å²) < 4.78 is 28.2. The molecule has 18 heavy (non-hydrogen) atoms. The van der Waals surface area contributed by atoms with E-state index < -0.39 is 10.0 Å². The van der Waals surface area contributed by atoms with Crippen LogP contribution in [0.1, 0.15) is 19.2 Å². The first-order valence-corrected chi connectivity index (χ1v) is 8.65. The normalized spacial score (nSPS) is 21.6. The molecule has 2 heterocycles. The monoisotopic (exact) mass is 335 g/mol. The van der Waals surface area contributed by atoms with Crippen molar-refractivity contribution >= 4 is 26.0 Å². The van der Waals surface area contributed by atoms with Crippen molar-refractivity contribution in [2.75, 3.05) is 18.4 Å². The van der Waals surface area contributed by atoms with Crippen LogP contribution in [-0.2, 0) is 16.6 Å². The van der Waals surface area contributed by atoms with Crippen molar-refractivity contribution < 1.29 is 8.42 Å². The lowest BCUT2D eigenvalue weighted by Gasteiger charge is -2.14. The molecule has 1 atom stereocenters. The van der Waals surface area contributed by atoms with Crippen molar-refractivity contribution in [3.05, 3.63) is 12.0 Å². The number of hydrogen-bond acceptors (Lipinski definition) is 3. The largest absolute Gasteiger partial charge is 0.334 e. The smallest absolute Gasteiger partial charge is 0.262 e. The fraction of sp³-hybridized carbons (Fsp3) is 0.727. The van der Waals surface area contributed by atoms with Crippen LogP contribution in [-0.4, -0.2) is 40.7 Å². The minimum Gasteiger partial charge on any atom is -0.334 e. The minimum atomic E-state index is -3.41. The van der Waals surface area contributed by atoms with Gasteiger partial charge in [0.1, 0.15) is 5.82 Å². The Bertz CT molecular complexity index is 526. The summed E-state index contributed by atoms with van der Waals surface area (Å²) >= 11 is 3.41. The maximum Gasteiger partial charge on any atom is 0.262 e. The van der Waals surface area contributed by atoms with Crippen LogP contribution in [0.4, 0.5) is 0 Å². The molecule has 7 heteroatoms. The molecule has 0 bridgehead atoms. The molecule has 0 radical (unpaired) electrons. The summed E-state index contributed by atoms with van der Waals surface area (Å²) in [6, 6.07) is 0. The van der Waals surface area contributed by atoms with Crippen molar-refractivity contribution in [3.63, 3.8) is 0 Å². The molecule has 5 nitrogen and oxygen atoms in total. The number of imidazole rings is 1. The molecule has 0 amide bonds. The Balaban J connectivity index is 2.25. The summed E-state index contributed by atoms with van der Waals surface area (Å²) in [5.41, 5.74) is 0. The molecule has 102 valence electrons. The lowest BCUT2D eigenvalue weighted by molar-refractivity contribution is 0.463. The maximum atomic E-state index is 12.4. The first kappa shape index (κ1) is 14.0. The van der Waals surface area contributed by atoms with Crippen LogP contribution in [0.3, 0.4) is 0 Å². The summed E-state index contributed by atoms with van der Waals surface area (Å²) in [5, 5.41) is 1.03. The van der Waals surface area contributed by atoms with Crippen LogP contribution < -0.4 is 0 Å². The molecule has 1 aliphatic heterocycles. The zero-order chi connectivity index (χ0) is 13.3. The first-order chi connectivity index (χ1) is 8.48. The second kappa shape index (κ2) is 5.30. The van der Waals surface area contributed by atoms with Gasteiger partial charge in [-0.3, -0.25) is 0 Å². The van der Waals surface area contributed by atoms with E-state index in [1.165, 1.54) is 0 Å². The third-order valence-electron chi connectivity index (χ3n) is 3.37. The molecule has 2 rings (SSSR count). The van der Waals surface area contributed by atoms with E-state index in [4.69, 9.17) is 0 Å². The highest BCUT2D eigenvalue weighted by atomic mass is 79.9. The summed E-state index contributed by atoms with van der Waals surface area (Å²) in [4.78, 5) is 4.17. The Kier molecular flexibility index (Phi) is 4.13. The Morgan fingerprint density at radius 2 is 2.28 bits per heavy atom. The number of alkyl halides is 1. The lowest BCUT2D eigenvalue weighted by Crippen LogP contribution is -2.29. The zero-order valence-electron chi connectivity index (χ0n) is 10.6. The molecule has 1 unspecified atom stereocenters. The third kappa shape index (κ3) is 2.48. The van der Waals surface area contributed by atoms with Crippen molar-refractivity contribution in [1.29, 1.82) is 0 Å². The molecule has 0 aromatic carbocycles. The predicted molar refractivity (Wildman–Crippen MR) is 73.3 cm³/mol. The number of sulfonamides is 1. The molecule has 0 saturated carbocycles. The zero-order valence-corrected chi connectivity index (χ0v) is 13.0. The van der Waals surface area contributed by atoms with Crippen LogP contribution >= 0.6 is 15.9 Å². The number of nitrogens with zero attached hydrogens (tertiary/aromatic N) is 3. The molecule has 0 spiro atoms. The van der Waals surface area contributed by atoms with Gasteiger partial charge in [0.15, 0.2) is 5.03 Å². The second-order valence-corrected chi connectivity index (χ2v) is 7.12. The van der Waals surface area contributed by atoms with Gasteiger partial charge in [-0.15, -0.1) is 0 Å². The topological polar surface area (TPSA) is 55.2 Å². The summed E-state index contributed by atoms with van der Waals surface area (Å²) in [7, 11) is -3.41. The second-order valence-electron chi connectivity index (χ2n) is 4.58. The number of hydrogen-bond donors (Lipinski definition) is 0. The van der Waals surface area contributed by atoms with Gasteiger partial charge in [0, 0.05) is 31.2 Å². The summed E-state index contributed by atoms with van der Waals surface area (Å²) in [6.45, 7) is 5.72. The fourth-order valence-corrected chi connectivity index (χ4v) is 4.25. The standard InChI is InChI=1S/C11H18BrN3O2S/c1-3-14-8-11(13-9(14)2)18(16,17)15-5-4-10(6-12)7-15/h8,10H,3-7H2,1-2H3. The lowest BCUT2D eigenvalue weighted by atomic mass is 10.2. The highest BCUT2D eigenvalue weighted by Crippen LogP contribution is 2.24. The van der Waals surface area contributed by atoms with E-state index in [-0.39, 0.29) is 5.03 Å². The average molecular weight is 336 g/mol. The Labute approximate surface area is 116 Å². The van der Waals surface area contributed by atoms with Crippen LogP contribution in [0, 0.1) is 12.8 Å².